The number of hydrogen-bond donors (Lipinski definition) is 2. The molecule has 0 saturated carbocycles. The van der Waals surface area contributed by atoms with Crippen LogP contribution in [0.15, 0.2) is 36.5 Å². The highest BCUT2D eigenvalue weighted by atomic mass is 15.3. The van der Waals surface area contributed by atoms with Crippen LogP contribution in [0.2, 0.25) is 0 Å². The molecule has 0 bridgehead atoms. The second-order valence-corrected chi connectivity index (χ2v) is 5.43. The Morgan fingerprint density at radius 2 is 1.95 bits per heavy atom. The van der Waals surface area contributed by atoms with E-state index in [0.29, 0.717) is 5.69 Å². The van der Waals surface area contributed by atoms with E-state index in [1.165, 1.54) is 0 Å². The number of pyridine rings is 1. The lowest BCUT2D eigenvalue weighted by Crippen LogP contribution is -2.02. The van der Waals surface area contributed by atoms with E-state index >= 15 is 0 Å². The van der Waals surface area contributed by atoms with Crippen molar-refractivity contribution in [3.05, 3.63) is 42.2 Å². The fourth-order valence-electron chi connectivity index (χ4n) is 2.47. The van der Waals surface area contributed by atoms with Crippen LogP contribution in [-0.4, -0.2) is 14.8 Å². The average molecular weight is 281 g/mol. The maximum Gasteiger partial charge on any atom is 0.152 e. The molecule has 0 radical (unpaired) electrons. The number of benzene rings is 1. The zero-order valence-electron chi connectivity index (χ0n) is 12.5. The summed E-state index contributed by atoms with van der Waals surface area (Å²) in [6.45, 7) is 4.17. The molecule has 0 unspecified atom stereocenters. The van der Waals surface area contributed by atoms with E-state index in [-0.39, 0.29) is 5.92 Å². The first-order valence-corrected chi connectivity index (χ1v) is 7.01. The number of rotatable bonds is 3. The lowest BCUT2D eigenvalue weighted by atomic mass is 10.1. The van der Waals surface area contributed by atoms with Crippen LogP contribution in [0.25, 0.3) is 10.9 Å². The van der Waals surface area contributed by atoms with Crippen molar-refractivity contribution in [3.63, 3.8) is 0 Å². The number of fused-ring (bicyclic) bond motifs is 1. The van der Waals surface area contributed by atoms with Gasteiger partial charge in [-0.3, -0.25) is 9.67 Å². The number of para-hydroxylation sites is 1. The van der Waals surface area contributed by atoms with Crippen molar-refractivity contribution in [1.82, 2.24) is 14.8 Å². The van der Waals surface area contributed by atoms with Crippen LogP contribution in [-0.2, 0) is 7.05 Å². The van der Waals surface area contributed by atoms with Gasteiger partial charge in [-0.2, -0.15) is 5.10 Å². The van der Waals surface area contributed by atoms with Gasteiger partial charge in [0.2, 0.25) is 0 Å². The molecule has 1 aromatic carbocycles. The minimum atomic E-state index is 0.289. The summed E-state index contributed by atoms with van der Waals surface area (Å²) in [7, 11) is 1.89. The highest BCUT2D eigenvalue weighted by molar-refractivity contribution is 5.92. The maximum atomic E-state index is 6.23. The van der Waals surface area contributed by atoms with Crippen molar-refractivity contribution < 1.29 is 0 Å². The smallest absolute Gasteiger partial charge is 0.152 e. The summed E-state index contributed by atoms with van der Waals surface area (Å²) in [6.07, 6.45) is 1.79. The molecule has 2 aromatic heterocycles. The van der Waals surface area contributed by atoms with Crippen LogP contribution in [0.5, 0.6) is 0 Å². The molecule has 3 N–H and O–H groups in total. The molecule has 0 fully saturated rings. The Labute approximate surface area is 123 Å². The predicted molar refractivity (Wildman–Crippen MR) is 86.7 cm³/mol. The third-order valence-corrected chi connectivity index (χ3v) is 3.55. The highest BCUT2D eigenvalue weighted by Gasteiger charge is 2.16. The van der Waals surface area contributed by atoms with Crippen LogP contribution >= 0.6 is 0 Å². The van der Waals surface area contributed by atoms with E-state index in [9.17, 15) is 0 Å². The molecule has 5 heteroatoms. The summed E-state index contributed by atoms with van der Waals surface area (Å²) in [5, 5.41) is 8.96. The number of nitrogens with two attached hydrogens (primary N) is 1. The zero-order chi connectivity index (χ0) is 15.0. The first-order chi connectivity index (χ1) is 10.1. The molecular weight excluding hydrogens is 262 g/mol. The minimum absolute atomic E-state index is 0.289. The first-order valence-electron chi connectivity index (χ1n) is 7.01. The van der Waals surface area contributed by atoms with Gasteiger partial charge in [-0.05, 0) is 18.1 Å². The highest BCUT2D eigenvalue weighted by Crippen LogP contribution is 2.31. The third kappa shape index (κ3) is 2.31. The topological polar surface area (TPSA) is 68.8 Å². The monoisotopic (exact) mass is 281 g/mol. The Morgan fingerprint density at radius 3 is 2.67 bits per heavy atom. The SMILES string of the molecule is CC(C)c1nn(C)c(Nc2cccc3cccnc23)c1N. The summed E-state index contributed by atoms with van der Waals surface area (Å²) in [5.74, 6) is 1.09. The van der Waals surface area contributed by atoms with Crippen molar-refractivity contribution in [2.24, 2.45) is 7.05 Å². The molecule has 108 valence electrons. The molecule has 3 rings (SSSR count). The van der Waals surface area contributed by atoms with Gasteiger partial charge in [0, 0.05) is 18.6 Å². The molecule has 2 heterocycles. The van der Waals surface area contributed by atoms with E-state index in [1.807, 2.05) is 37.4 Å². The Bertz CT molecular complexity index is 783. The lowest BCUT2D eigenvalue weighted by Gasteiger charge is -2.10. The van der Waals surface area contributed by atoms with Crippen molar-refractivity contribution in [3.8, 4) is 0 Å². The van der Waals surface area contributed by atoms with Crippen molar-refractivity contribution in [1.29, 1.82) is 0 Å². The number of nitrogen functional groups attached to an aromatic ring is 1. The van der Waals surface area contributed by atoms with Gasteiger partial charge in [0.05, 0.1) is 22.6 Å². The molecule has 0 saturated heterocycles. The van der Waals surface area contributed by atoms with Crippen LogP contribution < -0.4 is 11.1 Å². The second kappa shape index (κ2) is 5.09. The standard InChI is InChI=1S/C16H19N5/c1-10(2)14-13(17)16(21(3)20-14)19-12-8-4-6-11-7-5-9-18-15(11)12/h4-10,19H,17H2,1-3H3. The zero-order valence-corrected chi connectivity index (χ0v) is 12.5. The van der Waals surface area contributed by atoms with Crippen LogP contribution in [0.3, 0.4) is 0 Å². The van der Waals surface area contributed by atoms with E-state index in [1.54, 1.807) is 10.9 Å². The minimum Gasteiger partial charge on any atom is -0.394 e. The van der Waals surface area contributed by atoms with Crippen LogP contribution in [0.1, 0.15) is 25.5 Å². The second-order valence-electron chi connectivity index (χ2n) is 5.43. The summed E-state index contributed by atoms with van der Waals surface area (Å²) < 4.78 is 1.78. The number of aromatic nitrogens is 3. The van der Waals surface area contributed by atoms with Gasteiger partial charge < -0.3 is 11.1 Å². The van der Waals surface area contributed by atoms with Gasteiger partial charge in [-0.1, -0.05) is 32.0 Å². The number of aryl methyl sites for hydroxylation is 1. The third-order valence-electron chi connectivity index (χ3n) is 3.55. The predicted octanol–water partition coefficient (Wildman–Crippen LogP) is 3.42. The fourth-order valence-corrected chi connectivity index (χ4v) is 2.47. The molecule has 0 aliphatic heterocycles. The number of anilines is 3. The molecule has 5 nitrogen and oxygen atoms in total. The van der Waals surface area contributed by atoms with E-state index in [0.717, 1.165) is 28.1 Å². The fraction of sp³-hybridized carbons (Fsp3) is 0.250. The largest absolute Gasteiger partial charge is 0.394 e. The molecule has 0 aliphatic carbocycles. The van der Waals surface area contributed by atoms with Crippen molar-refractivity contribution >= 4 is 28.1 Å². The summed E-state index contributed by atoms with van der Waals surface area (Å²) in [4.78, 5) is 4.45. The molecule has 0 spiro atoms. The number of nitrogens with one attached hydrogen (secondary N) is 1. The lowest BCUT2D eigenvalue weighted by molar-refractivity contribution is 0.718. The number of hydrogen-bond acceptors (Lipinski definition) is 4. The summed E-state index contributed by atoms with van der Waals surface area (Å²) in [6, 6.07) is 10.0. The van der Waals surface area contributed by atoms with Gasteiger partial charge in [0.25, 0.3) is 0 Å². The van der Waals surface area contributed by atoms with E-state index < -0.39 is 0 Å². The van der Waals surface area contributed by atoms with Gasteiger partial charge in [-0.15, -0.1) is 0 Å². The Balaban J connectivity index is 2.07. The molecular formula is C16H19N5. The Kier molecular flexibility index (Phi) is 3.25. The molecule has 3 aromatic rings. The van der Waals surface area contributed by atoms with Crippen LogP contribution in [0.4, 0.5) is 17.2 Å². The normalized spacial score (nSPS) is 11.2. The molecule has 0 atom stereocenters. The molecule has 0 amide bonds. The summed E-state index contributed by atoms with van der Waals surface area (Å²) >= 11 is 0. The summed E-state index contributed by atoms with van der Waals surface area (Å²) in [5.41, 5.74) is 9.69. The van der Waals surface area contributed by atoms with Gasteiger partial charge in [0.1, 0.15) is 0 Å². The Morgan fingerprint density at radius 1 is 1.19 bits per heavy atom. The van der Waals surface area contributed by atoms with Gasteiger partial charge >= 0.3 is 0 Å². The quantitative estimate of drug-likeness (QED) is 0.772. The molecule has 0 aliphatic rings. The van der Waals surface area contributed by atoms with Crippen molar-refractivity contribution in [2.75, 3.05) is 11.1 Å². The maximum absolute atomic E-state index is 6.23. The van der Waals surface area contributed by atoms with Crippen molar-refractivity contribution in [2.45, 2.75) is 19.8 Å². The Hall–Kier alpha value is -2.56. The first kappa shape index (κ1) is 13.4. The van der Waals surface area contributed by atoms with Gasteiger partial charge in [-0.25, -0.2) is 0 Å². The number of nitrogens with zero attached hydrogens (tertiary/aromatic N) is 3. The van der Waals surface area contributed by atoms with E-state index in [4.69, 9.17) is 5.73 Å². The van der Waals surface area contributed by atoms with Crippen LogP contribution in [0, 0.1) is 0 Å². The molecule has 21 heavy (non-hydrogen) atoms. The average Bonchev–Trinajstić information content (AvgIpc) is 2.76. The van der Waals surface area contributed by atoms with Gasteiger partial charge in [0.15, 0.2) is 5.82 Å². The van der Waals surface area contributed by atoms with E-state index in [2.05, 4.69) is 29.2 Å².